The number of benzene rings is 2. The molecule has 1 heterocycles. The minimum Gasteiger partial charge on any atom is -0.322 e. The highest BCUT2D eigenvalue weighted by Gasteiger charge is 2.48. The SMILES string of the molecule is O=C(CN1C(=O)C(c2ccccc2)=NC12CCCCC2)Nc1ccc(F)cc1F. The smallest absolute Gasteiger partial charge is 0.275 e. The maximum atomic E-state index is 13.9. The first-order valence-corrected chi connectivity index (χ1v) is 9.71. The number of carbonyl (C=O) groups excluding carboxylic acids is 2. The standard InChI is InChI=1S/C22H21F2N3O2/c23-16-9-10-18(17(24)13-16)25-19(28)14-27-21(29)20(15-7-3-1-4-8-15)26-22(27)11-5-2-6-12-22/h1,3-4,7-10,13H,2,5-6,11-12,14H2,(H,25,28). The van der Waals surface area contributed by atoms with Crippen LogP contribution in [0, 0.1) is 11.6 Å². The Hall–Kier alpha value is -3.09. The number of hydrogen-bond acceptors (Lipinski definition) is 3. The number of carbonyl (C=O) groups is 2. The van der Waals surface area contributed by atoms with Crippen molar-refractivity contribution in [3.63, 3.8) is 0 Å². The molecule has 2 aromatic rings. The van der Waals surface area contributed by atoms with Crippen LogP contribution >= 0.6 is 0 Å². The molecule has 0 aromatic heterocycles. The van der Waals surface area contributed by atoms with E-state index >= 15 is 0 Å². The summed E-state index contributed by atoms with van der Waals surface area (Å²) in [5.74, 6) is -2.43. The maximum Gasteiger partial charge on any atom is 0.275 e. The molecule has 2 amide bonds. The molecule has 1 aliphatic heterocycles. The fraction of sp³-hybridized carbons (Fsp3) is 0.318. The third kappa shape index (κ3) is 3.77. The summed E-state index contributed by atoms with van der Waals surface area (Å²) in [5.41, 5.74) is 0.215. The van der Waals surface area contributed by atoms with E-state index in [2.05, 4.69) is 5.32 Å². The molecule has 0 atom stereocenters. The second-order valence-corrected chi connectivity index (χ2v) is 7.43. The van der Waals surface area contributed by atoms with Crippen LogP contribution in [0.5, 0.6) is 0 Å². The third-order valence-corrected chi connectivity index (χ3v) is 5.48. The second-order valence-electron chi connectivity index (χ2n) is 7.43. The van der Waals surface area contributed by atoms with Gasteiger partial charge in [-0.25, -0.2) is 8.78 Å². The van der Waals surface area contributed by atoms with E-state index in [1.807, 2.05) is 30.3 Å². The molecule has 1 aliphatic carbocycles. The zero-order valence-corrected chi connectivity index (χ0v) is 15.8. The molecule has 0 unspecified atom stereocenters. The molecule has 150 valence electrons. The third-order valence-electron chi connectivity index (χ3n) is 5.48. The number of hydrogen-bond donors (Lipinski definition) is 1. The predicted molar refractivity (Wildman–Crippen MR) is 105 cm³/mol. The zero-order chi connectivity index (χ0) is 20.4. The van der Waals surface area contributed by atoms with E-state index in [1.54, 1.807) is 0 Å². The summed E-state index contributed by atoms with van der Waals surface area (Å²) in [6.45, 7) is -0.241. The second kappa shape index (κ2) is 7.73. The first kappa shape index (κ1) is 19.2. The first-order valence-electron chi connectivity index (χ1n) is 9.71. The number of rotatable bonds is 4. The number of amides is 2. The van der Waals surface area contributed by atoms with Crippen LogP contribution in [0.1, 0.15) is 37.7 Å². The minimum absolute atomic E-state index is 0.120. The Balaban J connectivity index is 1.58. The van der Waals surface area contributed by atoms with E-state index in [4.69, 9.17) is 4.99 Å². The lowest BCUT2D eigenvalue weighted by Gasteiger charge is -2.38. The van der Waals surface area contributed by atoms with Crippen LogP contribution in [-0.4, -0.2) is 34.6 Å². The predicted octanol–water partition coefficient (Wildman–Crippen LogP) is 3.90. The molecule has 0 saturated heterocycles. The number of anilines is 1. The highest BCUT2D eigenvalue weighted by atomic mass is 19.1. The molecule has 1 fully saturated rings. The molecule has 2 aromatic carbocycles. The fourth-order valence-electron chi connectivity index (χ4n) is 4.06. The van der Waals surface area contributed by atoms with Crippen LogP contribution in [0.25, 0.3) is 0 Å². The topological polar surface area (TPSA) is 61.8 Å². The molecule has 2 aliphatic rings. The van der Waals surface area contributed by atoms with Crippen molar-refractivity contribution < 1.29 is 18.4 Å². The summed E-state index contributed by atoms with van der Waals surface area (Å²) >= 11 is 0. The van der Waals surface area contributed by atoms with Crippen LogP contribution < -0.4 is 5.32 Å². The van der Waals surface area contributed by atoms with Gasteiger partial charge in [-0.15, -0.1) is 0 Å². The minimum atomic E-state index is -0.861. The van der Waals surface area contributed by atoms with Crippen molar-refractivity contribution in [2.45, 2.75) is 37.8 Å². The van der Waals surface area contributed by atoms with E-state index in [1.165, 1.54) is 4.90 Å². The molecule has 0 radical (unpaired) electrons. The average Bonchev–Trinajstić information content (AvgIpc) is 2.97. The summed E-state index contributed by atoms with van der Waals surface area (Å²) in [5, 5.41) is 2.44. The summed E-state index contributed by atoms with van der Waals surface area (Å²) in [4.78, 5) is 32.1. The fourth-order valence-corrected chi connectivity index (χ4v) is 4.06. The molecule has 7 heteroatoms. The van der Waals surface area contributed by atoms with Gasteiger partial charge in [0.2, 0.25) is 5.91 Å². The Morgan fingerprint density at radius 3 is 2.48 bits per heavy atom. The van der Waals surface area contributed by atoms with E-state index < -0.39 is 23.2 Å². The van der Waals surface area contributed by atoms with Gasteiger partial charge in [0.15, 0.2) is 0 Å². The van der Waals surface area contributed by atoms with Crippen LogP contribution in [0.15, 0.2) is 53.5 Å². The summed E-state index contributed by atoms with van der Waals surface area (Å²) in [6.07, 6.45) is 4.28. The molecule has 1 N–H and O–H groups in total. The van der Waals surface area contributed by atoms with E-state index in [9.17, 15) is 18.4 Å². The quantitative estimate of drug-likeness (QED) is 0.851. The molecule has 0 bridgehead atoms. The van der Waals surface area contributed by atoms with E-state index in [0.29, 0.717) is 24.6 Å². The van der Waals surface area contributed by atoms with Gasteiger partial charge in [-0.3, -0.25) is 14.6 Å². The molecule has 29 heavy (non-hydrogen) atoms. The Kier molecular flexibility index (Phi) is 5.13. The van der Waals surface area contributed by atoms with Crippen molar-refractivity contribution in [2.24, 2.45) is 4.99 Å². The van der Waals surface area contributed by atoms with Crippen molar-refractivity contribution in [1.29, 1.82) is 0 Å². The lowest BCUT2D eigenvalue weighted by molar-refractivity contribution is -0.134. The molecule has 5 nitrogen and oxygen atoms in total. The highest BCUT2D eigenvalue weighted by molar-refractivity contribution is 6.47. The normalized spacial score (nSPS) is 18.1. The molecular formula is C22H21F2N3O2. The monoisotopic (exact) mass is 397 g/mol. The molecule has 4 rings (SSSR count). The first-order chi connectivity index (χ1) is 14.0. The maximum absolute atomic E-state index is 13.9. The van der Waals surface area contributed by atoms with Gasteiger partial charge in [0.05, 0.1) is 5.69 Å². The summed E-state index contributed by atoms with van der Waals surface area (Å²) in [7, 11) is 0. The van der Waals surface area contributed by atoms with Crippen LogP contribution in [0.4, 0.5) is 14.5 Å². The van der Waals surface area contributed by atoms with Gasteiger partial charge in [0.1, 0.15) is 29.6 Å². The number of nitrogens with zero attached hydrogens (tertiary/aromatic N) is 2. The Labute approximate surface area is 167 Å². The zero-order valence-electron chi connectivity index (χ0n) is 15.8. The Morgan fingerprint density at radius 1 is 1.07 bits per heavy atom. The van der Waals surface area contributed by atoms with Gasteiger partial charge in [0.25, 0.3) is 5.91 Å². The largest absolute Gasteiger partial charge is 0.322 e. The number of aliphatic imine (C=N–C) groups is 1. The highest BCUT2D eigenvalue weighted by Crippen LogP contribution is 2.39. The molecular weight excluding hydrogens is 376 g/mol. The lowest BCUT2D eigenvalue weighted by Crippen LogP contribution is -2.51. The van der Waals surface area contributed by atoms with Crippen LogP contribution in [0.2, 0.25) is 0 Å². The summed E-state index contributed by atoms with van der Waals surface area (Å²) in [6, 6.07) is 12.1. The van der Waals surface area contributed by atoms with Crippen LogP contribution in [0.3, 0.4) is 0 Å². The van der Waals surface area contributed by atoms with Crippen molar-refractivity contribution in [1.82, 2.24) is 4.90 Å². The van der Waals surface area contributed by atoms with Gasteiger partial charge in [-0.1, -0.05) is 36.8 Å². The number of nitrogens with one attached hydrogen (secondary N) is 1. The number of halogens is 2. The van der Waals surface area contributed by atoms with Crippen LogP contribution in [-0.2, 0) is 9.59 Å². The lowest BCUT2D eigenvalue weighted by atomic mass is 9.88. The summed E-state index contributed by atoms with van der Waals surface area (Å²) < 4.78 is 27.0. The molecule has 1 saturated carbocycles. The Bertz CT molecular complexity index is 969. The van der Waals surface area contributed by atoms with Crippen molar-refractivity contribution in [3.05, 3.63) is 65.7 Å². The van der Waals surface area contributed by atoms with Crippen molar-refractivity contribution in [2.75, 3.05) is 11.9 Å². The van der Waals surface area contributed by atoms with Gasteiger partial charge in [-0.2, -0.15) is 0 Å². The van der Waals surface area contributed by atoms with Gasteiger partial charge < -0.3 is 10.2 Å². The Morgan fingerprint density at radius 2 is 1.79 bits per heavy atom. The van der Waals surface area contributed by atoms with Crippen molar-refractivity contribution in [3.8, 4) is 0 Å². The molecule has 1 spiro atoms. The van der Waals surface area contributed by atoms with Gasteiger partial charge in [-0.05, 0) is 37.8 Å². The van der Waals surface area contributed by atoms with E-state index in [-0.39, 0.29) is 18.1 Å². The van der Waals surface area contributed by atoms with E-state index in [0.717, 1.165) is 37.0 Å². The van der Waals surface area contributed by atoms with Crippen molar-refractivity contribution >= 4 is 23.2 Å². The van der Waals surface area contributed by atoms with Gasteiger partial charge in [0, 0.05) is 11.6 Å². The average molecular weight is 397 g/mol. The van der Waals surface area contributed by atoms with Gasteiger partial charge >= 0.3 is 0 Å².